The van der Waals surface area contributed by atoms with Gasteiger partial charge in [-0.1, -0.05) is 11.3 Å². The fraction of sp³-hybridized carbons (Fsp3) is 0.400. The highest BCUT2D eigenvalue weighted by Gasteiger charge is 2.18. The lowest BCUT2D eigenvalue weighted by Crippen LogP contribution is -2.22. The minimum atomic E-state index is -3.83. The van der Waals surface area contributed by atoms with E-state index >= 15 is 0 Å². The van der Waals surface area contributed by atoms with Crippen molar-refractivity contribution in [3.8, 4) is 0 Å². The zero-order chi connectivity index (χ0) is 10.9. The van der Waals surface area contributed by atoms with Crippen LogP contribution in [-0.2, 0) is 14.8 Å². The molecule has 0 aromatic carbocycles. The van der Waals surface area contributed by atoms with Gasteiger partial charge in [0.15, 0.2) is 0 Å². The Morgan fingerprint density at radius 3 is 2.43 bits per heavy atom. The highest BCUT2D eigenvalue weighted by molar-refractivity contribution is 7.91. The van der Waals surface area contributed by atoms with Crippen LogP contribution in [0.25, 0.3) is 0 Å². The van der Waals surface area contributed by atoms with Gasteiger partial charge >= 0.3 is 0 Å². The van der Waals surface area contributed by atoms with E-state index in [4.69, 9.17) is 5.14 Å². The summed E-state index contributed by atoms with van der Waals surface area (Å²) in [4.78, 5) is 12.1. The molecule has 0 saturated heterocycles. The van der Waals surface area contributed by atoms with Crippen LogP contribution in [0, 0.1) is 0 Å². The first-order chi connectivity index (χ1) is 6.32. The molecule has 0 unspecified atom stereocenters. The molecule has 0 spiro atoms. The Kier molecular flexibility index (Phi) is 2.83. The van der Waals surface area contributed by atoms with Gasteiger partial charge in [-0.15, -0.1) is 10.2 Å². The van der Waals surface area contributed by atoms with Crippen molar-refractivity contribution in [1.82, 2.24) is 10.2 Å². The smallest absolute Gasteiger partial charge is 0.267 e. The summed E-state index contributed by atoms with van der Waals surface area (Å²) in [7, 11) is -2.37. The van der Waals surface area contributed by atoms with Gasteiger partial charge in [-0.3, -0.25) is 9.69 Å². The third kappa shape index (κ3) is 2.25. The van der Waals surface area contributed by atoms with Crippen LogP contribution in [0.3, 0.4) is 0 Å². The van der Waals surface area contributed by atoms with Crippen LogP contribution in [0.5, 0.6) is 0 Å². The van der Waals surface area contributed by atoms with Crippen LogP contribution in [0.1, 0.15) is 6.92 Å². The van der Waals surface area contributed by atoms with Gasteiger partial charge in [0.1, 0.15) is 0 Å². The van der Waals surface area contributed by atoms with E-state index in [9.17, 15) is 13.2 Å². The molecule has 0 aliphatic carbocycles. The van der Waals surface area contributed by atoms with Gasteiger partial charge in [-0.05, 0) is 0 Å². The van der Waals surface area contributed by atoms with Crippen LogP contribution in [0.4, 0.5) is 5.13 Å². The first-order valence-corrected chi connectivity index (χ1v) is 5.79. The zero-order valence-electron chi connectivity index (χ0n) is 7.46. The molecule has 0 fully saturated rings. The third-order valence-corrected chi connectivity index (χ3v) is 3.71. The Morgan fingerprint density at radius 1 is 1.50 bits per heavy atom. The van der Waals surface area contributed by atoms with Crippen molar-refractivity contribution in [2.45, 2.75) is 11.3 Å². The summed E-state index contributed by atoms with van der Waals surface area (Å²) in [5, 5.41) is 11.9. The molecule has 0 aliphatic rings. The maximum atomic E-state index is 10.9. The molecule has 1 amide bonds. The van der Waals surface area contributed by atoms with E-state index in [1.807, 2.05) is 0 Å². The van der Waals surface area contributed by atoms with Crippen molar-refractivity contribution in [2.24, 2.45) is 5.14 Å². The van der Waals surface area contributed by atoms with Crippen molar-refractivity contribution in [1.29, 1.82) is 0 Å². The van der Waals surface area contributed by atoms with Gasteiger partial charge in [-0.25, -0.2) is 13.6 Å². The number of nitrogens with zero attached hydrogens (tertiary/aromatic N) is 3. The molecule has 9 heteroatoms. The van der Waals surface area contributed by atoms with E-state index < -0.39 is 10.0 Å². The van der Waals surface area contributed by atoms with Crippen molar-refractivity contribution >= 4 is 32.4 Å². The minimum absolute atomic E-state index is 0.196. The number of nitrogens with two attached hydrogens (primary N) is 1. The zero-order valence-corrected chi connectivity index (χ0v) is 9.09. The first-order valence-electron chi connectivity index (χ1n) is 3.43. The quantitative estimate of drug-likeness (QED) is 0.673. The maximum Gasteiger partial charge on any atom is 0.267 e. The number of carbonyl (C=O) groups excluding carboxylic acids is 1. The molecule has 0 atom stereocenters. The molecule has 0 radical (unpaired) electrons. The lowest BCUT2D eigenvalue weighted by atomic mass is 10.4. The van der Waals surface area contributed by atoms with Crippen LogP contribution in [0.2, 0.25) is 0 Å². The second-order valence-electron chi connectivity index (χ2n) is 2.47. The number of rotatable bonds is 2. The molecule has 14 heavy (non-hydrogen) atoms. The highest BCUT2D eigenvalue weighted by atomic mass is 32.2. The van der Waals surface area contributed by atoms with Crippen molar-refractivity contribution in [2.75, 3.05) is 11.9 Å². The highest BCUT2D eigenvalue weighted by Crippen LogP contribution is 2.21. The van der Waals surface area contributed by atoms with Gasteiger partial charge < -0.3 is 0 Å². The predicted octanol–water partition coefficient (Wildman–Crippen LogP) is -0.832. The number of amides is 1. The van der Waals surface area contributed by atoms with E-state index in [1.165, 1.54) is 18.9 Å². The lowest BCUT2D eigenvalue weighted by molar-refractivity contribution is -0.116. The molecule has 1 aromatic heterocycles. The summed E-state index contributed by atoms with van der Waals surface area (Å²) in [6, 6.07) is 0. The Balaban J connectivity index is 3.06. The van der Waals surface area contributed by atoms with E-state index in [0.29, 0.717) is 0 Å². The van der Waals surface area contributed by atoms with Crippen LogP contribution in [-0.4, -0.2) is 31.6 Å². The molecule has 1 heterocycles. The van der Waals surface area contributed by atoms with Crippen LogP contribution in [0.15, 0.2) is 4.34 Å². The summed E-state index contributed by atoms with van der Waals surface area (Å²) in [6.45, 7) is 1.33. The summed E-state index contributed by atoms with van der Waals surface area (Å²) in [5.41, 5.74) is 0. The van der Waals surface area contributed by atoms with Crippen molar-refractivity contribution < 1.29 is 13.2 Å². The van der Waals surface area contributed by atoms with Gasteiger partial charge in [0.05, 0.1) is 0 Å². The number of hydrogen-bond acceptors (Lipinski definition) is 6. The van der Waals surface area contributed by atoms with Gasteiger partial charge in [0.2, 0.25) is 15.4 Å². The second kappa shape index (κ2) is 3.59. The monoisotopic (exact) mass is 235 g/mol. The molecule has 0 saturated carbocycles. The number of hydrogen-bond donors (Lipinski definition) is 1. The summed E-state index contributed by atoms with van der Waals surface area (Å²) < 4.78 is 21.3. The normalized spacial score (nSPS) is 11.4. The number of aromatic nitrogens is 2. The number of sulfonamides is 1. The topological polar surface area (TPSA) is 106 Å². The molecule has 7 nitrogen and oxygen atoms in total. The molecule has 1 aromatic rings. The number of primary sulfonamides is 1. The maximum absolute atomic E-state index is 10.9. The molecule has 0 bridgehead atoms. The van der Waals surface area contributed by atoms with E-state index in [-0.39, 0.29) is 15.4 Å². The Hall–Kier alpha value is -1.06. The Bertz CT molecular complexity index is 451. The summed E-state index contributed by atoms with van der Waals surface area (Å²) in [5.74, 6) is -0.262. The average Bonchev–Trinajstić information content (AvgIpc) is 2.49. The number of carbonyl (C=O) groups is 1. The standard InChI is InChI=1S/C5H8N4O3S2/c1-3(10)9(2)4-7-8-5(13-4)14(6,11)12/h1-2H3,(H2,6,11,12)/i2-1. The van der Waals surface area contributed by atoms with E-state index in [0.717, 1.165) is 11.3 Å². The van der Waals surface area contributed by atoms with E-state index in [1.54, 1.807) is 0 Å². The molecule has 78 valence electrons. The van der Waals surface area contributed by atoms with Gasteiger partial charge in [-0.2, -0.15) is 0 Å². The van der Waals surface area contributed by atoms with Crippen LogP contribution >= 0.6 is 11.3 Å². The van der Waals surface area contributed by atoms with Gasteiger partial charge in [0, 0.05) is 14.0 Å². The summed E-state index contributed by atoms with van der Waals surface area (Å²) >= 11 is 0.746. The molecule has 0 aliphatic heterocycles. The average molecular weight is 235 g/mol. The Morgan fingerprint density at radius 2 is 2.07 bits per heavy atom. The van der Waals surface area contributed by atoms with Crippen LogP contribution < -0.4 is 10.0 Å². The van der Waals surface area contributed by atoms with Crippen molar-refractivity contribution in [3.05, 3.63) is 0 Å². The fourth-order valence-electron chi connectivity index (χ4n) is 0.588. The molecular formula is C5H8N4O3S2. The molecule has 1 rings (SSSR count). The summed E-state index contributed by atoms with van der Waals surface area (Å²) in [6.07, 6.45) is 0. The fourth-order valence-corrected chi connectivity index (χ4v) is 2.02. The lowest BCUT2D eigenvalue weighted by Gasteiger charge is -2.07. The SMILES string of the molecule is CC(=O)N([11CH3])c1nnc(S(N)(=O)=O)s1. The van der Waals surface area contributed by atoms with Gasteiger partial charge in [0.25, 0.3) is 10.0 Å². The molecule has 2 N–H and O–H groups in total. The largest absolute Gasteiger partial charge is 0.290 e. The second-order valence-corrected chi connectivity index (χ2v) is 5.16. The molecular weight excluding hydrogens is 227 g/mol. The Labute approximate surface area is 84.6 Å². The predicted molar refractivity (Wildman–Crippen MR) is 50.4 cm³/mol. The van der Waals surface area contributed by atoms with E-state index in [2.05, 4.69) is 10.2 Å². The third-order valence-electron chi connectivity index (χ3n) is 1.40. The van der Waals surface area contributed by atoms with Crippen molar-refractivity contribution in [3.63, 3.8) is 0 Å². The number of anilines is 1. The first kappa shape index (κ1) is 11.0. The minimum Gasteiger partial charge on any atom is -0.290 e.